The molecule has 0 saturated carbocycles. The van der Waals surface area contributed by atoms with E-state index in [9.17, 15) is 0 Å². The third-order valence-electron chi connectivity index (χ3n) is 4.71. The average Bonchev–Trinajstić information content (AvgIpc) is 2.41. The molecule has 0 radical (unpaired) electrons. The van der Waals surface area contributed by atoms with E-state index < -0.39 is 0 Å². The molecule has 0 spiro atoms. The highest BCUT2D eigenvalue weighted by molar-refractivity contribution is 4.88. The summed E-state index contributed by atoms with van der Waals surface area (Å²) in [7, 11) is 2.31. The van der Waals surface area contributed by atoms with Crippen LogP contribution in [0.3, 0.4) is 0 Å². The molecule has 0 aliphatic carbocycles. The van der Waals surface area contributed by atoms with Gasteiger partial charge in [-0.2, -0.15) is 0 Å². The van der Waals surface area contributed by atoms with Gasteiger partial charge in [-0.05, 0) is 51.1 Å². The van der Waals surface area contributed by atoms with Crippen molar-refractivity contribution in [2.24, 2.45) is 5.41 Å². The van der Waals surface area contributed by atoms with Crippen molar-refractivity contribution in [2.75, 3.05) is 39.9 Å². The van der Waals surface area contributed by atoms with E-state index in [1.165, 1.54) is 51.7 Å². The van der Waals surface area contributed by atoms with Crippen LogP contribution in [0.4, 0.5) is 0 Å². The Morgan fingerprint density at radius 1 is 1.35 bits per heavy atom. The summed E-state index contributed by atoms with van der Waals surface area (Å²) < 4.78 is 5.45. The van der Waals surface area contributed by atoms with Crippen LogP contribution in [0.5, 0.6) is 0 Å². The molecule has 0 aromatic heterocycles. The lowest BCUT2D eigenvalue weighted by Gasteiger charge is -2.43. The molecule has 3 heteroatoms. The summed E-state index contributed by atoms with van der Waals surface area (Å²) in [5, 5.41) is 3.58. The monoisotopic (exact) mass is 240 g/mol. The molecule has 0 aromatic carbocycles. The smallest absolute Gasteiger partial charge is 0.0480 e. The Hall–Kier alpha value is -0.120. The number of ether oxygens (including phenoxy) is 1. The molecule has 0 amide bonds. The zero-order valence-electron chi connectivity index (χ0n) is 11.5. The topological polar surface area (TPSA) is 24.5 Å². The van der Waals surface area contributed by atoms with Crippen LogP contribution in [-0.4, -0.2) is 50.8 Å². The van der Waals surface area contributed by atoms with Crippen LogP contribution >= 0.6 is 0 Å². The Labute approximate surface area is 106 Å². The molecular formula is C14H28N2O. The van der Waals surface area contributed by atoms with Gasteiger partial charge in [0.2, 0.25) is 0 Å². The van der Waals surface area contributed by atoms with Crippen molar-refractivity contribution >= 4 is 0 Å². The first-order valence-corrected chi connectivity index (χ1v) is 7.24. The molecule has 2 rings (SSSR count). The number of rotatable bonds is 4. The second kappa shape index (κ2) is 6.17. The summed E-state index contributed by atoms with van der Waals surface area (Å²) in [6, 6.07) is 0.745. The maximum absolute atomic E-state index is 5.45. The molecule has 1 unspecified atom stereocenters. The first-order chi connectivity index (χ1) is 8.26. The largest absolute Gasteiger partial charge is 0.381 e. The number of hydrogen-bond acceptors (Lipinski definition) is 3. The van der Waals surface area contributed by atoms with E-state index in [-0.39, 0.29) is 0 Å². The summed E-state index contributed by atoms with van der Waals surface area (Å²) in [5.41, 5.74) is 0.519. The lowest BCUT2D eigenvalue weighted by Crippen LogP contribution is -2.49. The van der Waals surface area contributed by atoms with E-state index >= 15 is 0 Å². The van der Waals surface area contributed by atoms with Gasteiger partial charge in [-0.25, -0.2) is 0 Å². The van der Waals surface area contributed by atoms with E-state index in [0.29, 0.717) is 5.41 Å². The van der Waals surface area contributed by atoms with Gasteiger partial charge in [0.25, 0.3) is 0 Å². The molecule has 0 aromatic rings. The highest BCUT2D eigenvalue weighted by Crippen LogP contribution is 2.32. The normalized spacial score (nSPS) is 31.9. The molecule has 1 N–H and O–H groups in total. The molecule has 100 valence electrons. The summed E-state index contributed by atoms with van der Waals surface area (Å²) in [5.74, 6) is 0. The molecule has 0 bridgehead atoms. The van der Waals surface area contributed by atoms with Crippen LogP contribution in [-0.2, 0) is 4.74 Å². The van der Waals surface area contributed by atoms with Crippen LogP contribution in [0, 0.1) is 5.41 Å². The predicted molar refractivity (Wildman–Crippen MR) is 71.3 cm³/mol. The van der Waals surface area contributed by atoms with Crippen molar-refractivity contribution in [3.05, 3.63) is 0 Å². The van der Waals surface area contributed by atoms with E-state index in [4.69, 9.17) is 4.74 Å². The van der Waals surface area contributed by atoms with Crippen LogP contribution < -0.4 is 5.32 Å². The average molecular weight is 240 g/mol. The summed E-state index contributed by atoms with van der Waals surface area (Å²) in [6.45, 7) is 7.92. The Bertz CT molecular complexity index is 220. The minimum absolute atomic E-state index is 0.519. The van der Waals surface area contributed by atoms with Gasteiger partial charge < -0.3 is 15.0 Å². The molecule has 2 aliphatic rings. The Balaban J connectivity index is 1.88. The molecule has 2 heterocycles. The van der Waals surface area contributed by atoms with Crippen LogP contribution in [0.2, 0.25) is 0 Å². The maximum atomic E-state index is 5.45. The standard InChI is InChI=1S/C14H28N2O/c1-3-14(7-4-8-15-11-14)12-16(2)13-5-9-17-10-6-13/h13,15H,3-12H2,1-2H3. The fraction of sp³-hybridized carbons (Fsp3) is 1.00. The van der Waals surface area contributed by atoms with E-state index in [1.807, 2.05) is 0 Å². The predicted octanol–water partition coefficient (Wildman–Crippen LogP) is 1.88. The fourth-order valence-corrected chi connectivity index (χ4v) is 3.36. The van der Waals surface area contributed by atoms with Gasteiger partial charge in [-0.1, -0.05) is 6.92 Å². The first-order valence-electron chi connectivity index (χ1n) is 7.24. The third kappa shape index (κ3) is 3.43. The van der Waals surface area contributed by atoms with Crippen LogP contribution in [0.1, 0.15) is 39.0 Å². The van der Waals surface area contributed by atoms with Gasteiger partial charge in [0, 0.05) is 32.3 Å². The van der Waals surface area contributed by atoms with Crippen LogP contribution in [0.25, 0.3) is 0 Å². The number of piperidine rings is 1. The quantitative estimate of drug-likeness (QED) is 0.812. The minimum atomic E-state index is 0.519. The van der Waals surface area contributed by atoms with E-state index in [0.717, 1.165) is 19.3 Å². The van der Waals surface area contributed by atoms with Crippen molar-refractivity contribution in [1.82, 2.24) is 10.2 Å². The Morgan fingerprint density at radius 3 is 2.71 bits per heavy atom. The van der Waals surface area contributed by atoms with Gasteiger partial charge in [-0.3, -0.25) is 0 Å². The summed E-state index contributed by atoms with van der Waals surface area (Å²) in [4.78, 5) is 2.60. The molecule has 1 atom stereocenters. The SMILES string of the molecule is CCC1(CN(C)C2CCOCC2)CCCNC1. The van der Waals surface area contributed by atoms with Crippen LogP contribution in [0.15, 0.2) is 0 Å². The lowest BCUT2D eigenvalue weighted by molar-refractivity contribution is 0.0215. The van der Waals surface area contributed by atoms with Crippen molar-refractivity contribution in [2.45, 2.75) is 45.1 Å². The van der Waals surface area contributed by atoms with Gasteiger partial charge >= 0.3 is 0 Å². The minimum Gasteiger partial charge on any atom is -0.381 e. The van der Waals surface area contributed by atoms with Gasteiger partial charge in [0.05, 0.1) is 0 Å². The molecule has 3 nitrogen and oxygen atoms in total. The molecule has 17 heavy (non-hydrogen) atoms. The highest BCUT2D eigenvalue weighted by Gasteiger charge is 2.33. The molecule has 2 fully saturated rings. The lowest BCUT2D eigenvalue weighted by atomic mass is 9.77. The first kappa shape index (κ1) is 13.3. The van der Waals surface area contributed by atoms with Crippen molar-refractivity contribution in [1.29, 1.82) is 0 Å². The van der Waals surface area contributed by atoms with Crippen molar-refractivity contribution in [3.8, 4) is 0 Å². The zero-order chi connectivity index (χ0) is 12.1. The third-order valence-corrected chi connectivity index (χ3v) is 4.71. The maximum Gasteiger partial charge on any atom is 0.0480 e. The molecular weight excluding hydrogens is 212 g/mol. The van der Waals surface area contributed by atoms with Crippen molar-refractivity contribution < 1.29 is 4.74 Å². The second-order valence-corrected chi connectivity index (χ2v) is 5.89. The number of nitrogens with one attached hydrogen (secondary N) is 1. The molecule has 2 saturated heterocycles. The highest BCUT2D eigenvalue weighted by atomic mass is 16.5. The fourth-order valence-electron chi connectivity index (χ4n) is 3.36. The van der Waals surface area contributed by atoms with Gasteiger partial charge in [0.15, 0.2) is 0 Å². The van der Waals surface area contributed by atoms with Gasteiger partial charge in [-0.15, -0.1) is 0 Å². The molecule has 2 aliphatic heterocycles. The van der Waals surface area contributed by atoms with Gasteiger partial charge in [0.1, 0.15) is 0 Å². The Kier molecular flexibility index (Phi) is 4.83. The number of nitrogens with zero attached hydrogens (tertiary/aromatic N) is 1. The Morgan fingerprint density at radius 2 is 2.12 bits per heavy atom. The van der Waals surface area contributed by atoms with Crippen molar-refractivity contribution in [3.63, 3.8) is 0 Å². The van der Waals surface area contributed by atoms with E-state index in [1.54, 1.807) is 0 Å². The zero-order valence-corrected chi connectivity index (χ0v) is 11.5. The van der Waals surface area contributed by atoms with E-state index in [2.05, 4.69) is 24.2 Å². The second-order valence-electron chi connectivity index (χ2n) is 5.89. The summed E-state index contributed by atoms with van der Waals surface area (Å²) in [6.07, 6.45) is 6.46. The summed E-state index contributed by atoms with van der Waals surface area (Å²) >= 11 is 0. The number of hydrogen-bond donors (Lipinski definition) is 1.